The van der Waals surface area contributed by atoms with Gasteiger partial charge in [0.15, 0.2) is 5.78 Å². The van der Waals surface area contributed by atoms with Crippen molar-refractivity contribution in [2.75, 3.05) is 33.0 Å². The van der Waals surface area contributed by atoms with Crippen LogP contribution >= 0.6 is 22.9 Å². The summed E-state index contributed by atoms with van der Waals surface area (Å²) in [7, 11) is 4.06. The fourth-order valence-electron chi connectivity index (χ4n) is 2.54. The lowest BCUT2D eigenvalue weighted by Gasteiger charge is -2.08. The lowest BCUT2D eigenvalue weighted by Crippen LogP contribution is -2.15. The second-order valence-electron chi connectivity index (χ2n) is 6.47. The zero-order chi connectivity index (χ0) is 20.1. The summed E-state index contributed by atoms with van der Waals surface area (Å²) in [6, 6.07) is 5.51. The number of nitrogen functional groups attached to an aromatic ring is 1. The molecule has 0 aliphatic carbocycles. The molecule has 0 aliphatic rings. The van der Waals surface area contributed by atoms with Crippen LogP contribution in [0.3, 0.4) is 0 Å². The van der Waals surface area contributed by atoms with Crippen molar-refractivity contribution in [2.24, 2.45) is 0 Å². The Bertz CT molecular complexity index is 954. The number of carbonyl (C=O) groups excluding carboxylic acids is 1. The molecule has 0 spiro atoms. The van der Waals surface area contributed by atoms with E-state index in [9.17, 15) is 4.79 Å². The normalized spacial score (nSPS) is 11.1. The van der Waals surface area contributed by atoms with E-state index in [0.29, 0.717) is 22.4 Å². The Morgan fingerprint density at radius 2 is 2.21 bits per heavy atom. The fourth-order valence-corrected chi connectivity index (χ4v) is 3.51. The largest absolute Gasteiger partial charge is 0.470 e. The topological polar surface area (TPSA) is 94.5 Å². The number of thiazole rings is 1. The number of rotatable bonds is 9. The van der Waals surface area contributed by atoms with Crippen LogP contribution in [0, 0.1) is 0 Å². The van der Waals surface area contributed by atoms with Crippen molar-refractivity contribution >= 4 is 34.7 Å². The third-order valence-corrected chi connectivity index (χ3v) is 5.28. The van der Waals surface area contributed by atoms with Crippen molar-refractivity contribution in [2.45, 2.75) is 12.8 Å². The molecule has 9 heteroatoms. The zero-order valence-electron chi connectivity index (χ0n) is 15.6. The van der Waals surface area contributed by atoms with Gasteiger partial charge in [0.1, 0.15) is 12.0 Å². The number of aromatic nitrogens is 2. The van der Waals surface area contributed by atoms with E-state index in [0.717, 1.165) is 23.4 Å². The first-order chi connectivity index (χ1) is 13.4. The van der Waals surface area contributed by atoms with Crippen molar-refractivity contribution in [1.82, 2.24) is 14.9 Å². The lowest BCUT2D eigenvalue weighted by atomic mass is 10.0. The van der Waals surface area contributed by atoms with Crippen LogP contribution in [0.25, 0.3) is 10.4 Å². The van der Waals surface area contributed by atoms with Crippen LogP contribution in [-0.2, 0) is 6.42 Å². The van der Waals surface area contributed by atoms with Crippen molar-refractivity contribution in [3.8, 4) is 15.6 Å². The quantitative estimate of drug-likeness (QED) is 0.415. The summed E-state index contributed by atoms with van der Waals surface area (Å²) in [5, 5.41) is 1.14. The van der Waals surface area contributed by atoms with Crippen LogP contribution in [0.2, 0.25) is 5.02 Å². The summed E-state index contributed by atoms with van der Waals surface area (Å²) in [5.74, 6) is -0.214. The predicted molar refractivity (Wildman–Crippen MR) is 110 cm³/mol. The van der Waals surface area contributed by atoms with Gasteiger partial charge in [0, 0.05) is 24.2 Å². The van der Waals surface area contributed by atoms with Crippen molar-refractivity contribution in [3.05, 3.63) is 46.9 Å². The fraction of sp³-hybridized carbons (Fsp3) is 0.316. The smallest absolute Gasteiger partial charge is 0.292 e. The van der Waals surface area contributed by atoms with Crippen LogP contribution in [0.5, 0.6) is 5.19 Å². The highest BCUT2D eigenvalue weighted by Crippen LogP contribution is 2.33. The highest BCUT2D eigenvalue weighted by Gasteiger charge is 2.15. The minimum Gasteiger partial charge on any atom is -0.470 e. The maximum atomic E-state index is 12.4. The van der Waals surface area contributed by atoms with E-state index in [1.54, 1.807) is 12.3 Å². The summed E-state index contributed by atoms with van der Waals surface area (Å²) >= 11 is 7.73. The Kier molecular flexibility index (Phi) is 6.66. The predicted octanol–water partition coefficient (Wildman–Crippen LogP) is 3.79. The van der Waals surface area contributed by atoms with E-state index in [2.05, 4.69) is 14.9 Å². The molecule has 2 N–H and O–H groups in total. The van der Waals surface area contributed by atoms with Gasteiger partial charge in [-0.1, -0.05) is 29.0 Å². The summed E-state index contributed by atoms with van der Waals surface area (Å²) in [6.07, 6.45) is 4.05. The van der Waals surface area contributed by atoms with E-state index in [1.165, 1.54) is 17.6 Å². The molecule has 28 heavy (non-hydrogen) atoms. The van der Waals surface area contributed by atoms with Gasteiger partial charge in [-0.15, -0.1) is 0 Å². The Morgan fingerprint density at radius 3 is 2.93 bits per heavy atom. The minimum atomic E-state index is -0.214. The average Bonchev–Trinajstić information content (AvgIpc) is 3.29. The first-order valence-electron chi connectivity index (χ1n) is 8.68. The second-order valence-corrected chi connectivity index (χ2v) is 7.87. The van der Waals surface area contributed by atoms with Crippen molar-refractivity contribution in [3.63, 3.8) is 0 Å². The molecule has 0 saturated carbocycles. The third kappa shape index (κ3) is 5.31. The minimum absolute atomic E-state index is 0.0361. The van der Waals surface area contributed by atoms with Gasteiger partial charge < -0.3 is 19.8 Å². The number of Topliss-reactive ketones (excluding diaryl/α,β-unsaturated/α-hetero) is 1. The maximum absolute atomic E-state index is 12.4. The SMILES string of the molecule is CN(C)CCCOc1ncc(-c2ccc(Cl)c(CC(=O)c3coc(N)n3)c2)s1. The van der Waals surface area contributed by atoms with E-state index >= 15 is 0 Å². The average molecular weight is 421 g/mol. The highest BCUT2D eigenvalue weighted by molar-refractivity contribution is 7.16. The number of hydrogen-bond acceptors (Lipinski definition) is 8. The maximum Gasteiger partial charge on any atom is 0.292 e. The summed E-state index contributed by atoms with van der Waals surface area (Å²) < 4.78 is 10.6. The number of benzene rings is 1. The molecule has 0 unspecified atom stereocenters. The molecule has 0 amide bonds. The number of nitrogens with zero attached hydrogens (tertiary/aromatic N) is 3. The molecule has 1 aromatic carbocycles. The molecule has 0 radical (unpaired) electrons. The number of nitrogens with two attached hydrogens (primary N) is 1. The molecular weight excluding hydrogens is 400 g/mol. The van der Waals surface area contributed by atoms with E-state index in [4.69, 9.17) is 26.5 Å². The monoisotopic (exact) mass is 420 g/mol. The number of carbonyl (C=O) groups is 1. The molecule has 2 aromatic heterocycles. The molecule has 0 atom stereocenters. The first-order valence-corrected chi connectivity index (χ1v) is 9.88. The number of hydrogen-bond donors (Lipinski definition) is 1. The van der Waals surface area contributed by atoms with E-state index < -0.39 is 0 Å². The van der Waals surface area contributed by atoms with Crippen LogP contribution < -0.4 is 10.5 Å². The number of ketones is 1. The van der Waals surface area contributed by atoms with Gasteiger partial charge in [-0.2, -0.15) is 4.98 Å². The molecule has 0 saturated heterocycles. The van der Waals surface area contributed by atoms with Crippen LogP contribution in [0.4, 0.5) is 6.01 Å². The molecule has 148 valence electrons. The Labute approximate surface area is 172 Å². The van der Waals surface area contributed by atoms with Gasteiger partial charge in [0.05, 0.1) is 11.5 Å². The van der Waals surface area contributed by atoms with Crippen LogP contribution in [-0.4, -0.2) is 47.9 Å². The molecular formula is C19H21ClN4O3S. The first kappa shape index (κ1) is 20.3. The van der Waals surface area contributed by atoms with Gasteiger partial charge in [0.2, 0.25) is 0 Å². The van der Waals surface area contributed by atoms with Gasteiger partial charge in [-0.05, 0) is 43.8 Å². The third-order valence-electron chi connectivity index (χ3n) is 3.95. The Balaban J connectivity index is 1.68. The molecule has 0 aliphatic heterocycles. The number of ether oxygens (including phenoxy) is 1. The summed E-state index contributed by atoms with van der Waals surface area (Å²) in [4.78, 5) is 23.6. The molecule has 0 bridgehead atoms. The molecule has 2 heterocycles. The van der Waals surface area contributed by atoms with Gasteiger partial charge in [0.25, 0.3) is 11.2 Å². The Hall–Kier alpha value is -2.42. The van der Waals surface area contributed by atoms with Crippen LogP contribution in [0.1, 0.15) is 22.5 Å². The van der Waals surface area contributed by atoms with E-state index in [-0.39, 0.29) is 23.9 Å². The molecule has 7 nitrogen and oxygen atoms in total. The molecule has 3 rings (SSSR count). The standard InChI is InChI=1S/C19H21ClN4O3S/c1-24(2)6-3-7-26-19-22-10-17(28-19)12-4-5-14(20)13(8-12)9-16(25)15-11-27-18(21)23-15/h4-5,8,10-11H,3,6-7,9H2,1-2H3,(H2,21,23). The number of anilines is 1. The van der Waals surface area contributed by atoms with Gasteiger partial charge >= 0.3 is 0 Å². The van der Waals surface area contributed by atoms with Gasteiger partial charge in [-0.3, -0.25) is 4.79 Å². The van der Waals surface area contributed by atoms with Gasteiger partial charge in [-0.25, -0.2) is 4.98 Å². The van der Waals surface area contributed by atoms with E-state index in [1.807, 2.05) is 26.2 Å². The summed E-state index contributed by atoms with van der Waals surface area (Å²) in [6.45, 7) is 1.58. The summed E-state index contributed by atoms with van der Waals surface area (Å²) in [5.41, 5.74) is 7.23. The second kappa shape index (κ2) is 9.18. The molecule has 0 fully saturated rings. The highest BCUT2D eigenvalue weighted by atomic mass is 35.5. The number of oxazole rings is 1. The lowest BCUT2D eigenvalue weighted by molar-refractivity contribution is 0.0988. The van der Waals surface area contributed by atoms with Crippen molar-refractivity contribution < 1.29 is 13.9 Å². The van der Waals surface area contributed by atoms with Crippen molar-refractivity contribution in [1.29, 1.82) is 0 Å². The Morgan fingerprint density at radius 1 is 1.39 bits per heavy atom. The van der Waals surface area contributed by atoms with Crippen LogP contribution in [0.15, 0.2) is 35.1 Å². The molecule has 3 aromatic rings. The number of halogens is 1. The zero-order valence-corrected chi connectivity index (χ0v) is 17.2.